The molecule has 4 aromatic carbocycles. The standard InChI is InChI=1S/C23H19O2P/c1-25-21-15-7-8-16-23(21)26(24,19-12-3-2-4-13-19)22-17-9-11-18-10-5-6-14-20(18)22/h2-17H,1H3/t26-/m1/s1. The quantitative estimate of drug-likeness (QED) is 0.503. The molecule has 0 saturated carbocycles. The Morgan fingerprint density at radius 3 is 2.08 bits per heavy atom. The summed E-state index contributed by atoms with van der Waals surface area (Å²) in [7, 11) is -1.48. The van der Waals surface area contributed by atoms with Crippen LogP contribution in [0.5, 0.6) is 5.75 Å². The molecule has 128 valence electrons. The van der Waals surface area contributed by atoms with Gasteiger partial charge in [0.2, 0.25) is 0 Å². The van der Waals surface area contributed by atoms with Gasteiger partial charge in [-0.1, -0.05) is 84.9 Å². The molecule has 2 nitrogen and oxygen atoms in total. The Balaban J connectivity index is 2.12. The first-order valence-corrected chi connectivity index (χ1v) is 10.2. The summed E-state index contributed by atoms with van der Waals surface area (Å²) < 4.78 is 20.3. The van der Waals surface area contributed by atoms with E-state index in [1.807, 2.05) is 84.9 Å². The molecule has 0 aliphatic rings. The number of para-hydroxylation sites is 1. The highest BCUT2D eigenvalue weighted by molar-refractivity contribution is 7.85. The number of hydrogen-bond acceptors (Lipinski definition) is 2. The maximum Gasteiger partial charge on any atom is 0.175 e. The molecule has 1 atom stereocenters. The lowest BCUT2D eigenvalue weighted by Crippen LogP contribution is -2.26. The van der Waals surface area contributed by atoms with Crippen LogP contribution in [-0.4, -0.2) is 7.11 Å². The Hall–Kier alpha value is -2.83. The predicted molar refractivity (Wildman–Crippen MR) is 110 cm³/mol. The van der Waals surface area contributed by atoms with Crippen LogP contribution in [-0.2, 0) is 4.57 Å². The maximum absolute atomic E-state index is 14.7. The van der Waals surface area contributed by atoms with Crippen LogP contribution in [0.4, 0.5) is 0 Å². The molecule has 0 spiro atoms. The van der Waals surface area contributed by atoms with Gasteiger partial charge in [0.25, 0.3) is 0 Å². The van der Waals surface area contributed by atoms with Crippen LogP contribution in [0.1, 0.15) is 0 Å². The van der Waals surface area contributed by atoms with E-state index in [4.69, 9.17) is 4.74 Å². The number of hydrogen-bond donors (Lipinski definition) is 0. The molecule has 0 amide bonds. The molecule has 0 heterocycles. The van der Waals surface area contributed by atoms with E-state index < -0.39 is 7.14 Å². The van der Waals surface area contributed by atoms with Crippen molar-refractivity contribution in [2.45, 2.75) is 0 Å². The molecule has 0 bridgehead atoms. The molecule has 0 radical (unpaired) electrons. The van der Waals surface area contributed by atoms with E-state index >= 15 is 0 Å². The van der Waals surface area contributed by atoms with Crippen molar-refractivity contribution in [3.05, 3.63) is 97.1 Å². The molecule has 0 aliphatic heterocycles. The van der Waals surface area contributed by atoms with Crippen molar-refractivity contribution in [2.24, 2.45) is 0 Å². The van der Waals surface area contributed by atoms with Gasteiger partial charge >= 0.3 is 0 Å². The minimum absolute atomic E-state index is 0.646. The van der Waals surface area contributed by atoms with Crippen molar-refractivity contribution in [1.29, 1.82) is 0 Å². The largest absolute Gasteiger partial charge is 0.496 e. The Kier molecular flexibility index (Phi) is 4.36. The number of methoxy groups -OCH3 is 1. The van der Waals surface area contributed by atoms with Gasteiger partial charge in [0, 0.05) is 10.6 Å². The summed E-state index contributed by atoms with van der Waals surface area (Å²) in [5.74, 6) is 0.646. The number of benzene rings is 4. The first-order chi connectivity index (χ1) is 12.7. The van der Waals surface area contributed by atoms with Gasteiger partial charge in [-0.2, -0.15) is 0 Å². The van der Waals surface area contributed by atoms with Crippen molar-refractivity contribution in [1.82, 2.24) is 0 Å². The van der Waals surface area contributed by atoms with E-state index in [1.54, 1.807) is 7.11 Å². The molecule has 4 aromatic rings. The second kappa shape index (κ2) is 6.82. The average molecular weight is 358 g/mol. The first-order valence-electron chi connectivity index (χ1n) is 8.53. The summed E-state index contributed by atoms with van der Waals surface area (Å²) in [6.45, 7) is 0. The molecular formula is C23H19O2P. The van der Waals surface area contributed by atoms with E-state index in [-0.39, 0.29) is 0 Å². The molecule has 0 aliphatic carbocycles. The molecule has 0 saturated heterocycles. The van der Waals surface area contributed by atoms with E-state index in [9.17, 15) is 4.57 Å². The third-order valence-electron chi connectivity index (χ3n) is 4.65. The van der Waals surface area contributed by atoms with Crippen LogP contribution in [0, 0.1) is 0 Å². The van der Waals surface area contributed by atoms with E-state index in [1.165, 1.54) is 0 Å². The lowest BCUT2D eigenvalue weighted by Gasteiger charge is -2.23. The summed E-state index contributed by atoms with van der Waals surface area (Å²) in [6.07, 6.45) is 0. The third kappa shape index (κ3) is 2.64. The second-order valence-corrected chi connectivity index (χ2v) is 8.81. The molecule has 0 N–H and O–H groups in total. The summed E-state index contributed by atoms with van der Waals surface area (Å²) >= 11 is 0. The smallest absolute Gasteiger partial charge is 0.175 e. The first kappa shape index (κ1) is 16.6. The monoisotopic (exact) mass is 358 g/mol. The van der Waals surface area contributed by atoms with E-state index in [2.05, 4.69) is 12.1 Å². The zero-order chi connectivity index (χ0) is 18.0. The van der Waals surface area contributed by atoms with Gasteiger partial charge in [0.05, 0.1) is 12.4 Å². The lowest BCUT2D eigenvalue weighted by atomic mass is 10.1. The van der Waals surface area contributed by atoms with E-state index in [0.717, 1.165) is 26.7 Å². The molecule has 0 aromatic heterocycles. The van der Waals surface area contributed by atoms with Crippen molar-refractivity contribution < 1.29 is 9.30 Å². The van der Waals surface area contributed by atoms with Gasteiger partial charge in [0.15, 0.2) is 7.14 Å². The van der Waals surface area contributed by atoms with Crippen LogP contribution in [0.3, 0.4) is 0 Å². The molecule has 4 rings (SSSR count). The molecule has 3 heteroatoms. The van der Waals surface area contributed by atoms with Crippen LogP contribution < -0.4 is 20.7 Å². The summed E-state index contributed by atoms with van der Waals surface area (Å²) in [6, 6.07) is 31.4. The van der Waals surface area contributed by atoms with Crippen molar-refractivity contribution in [3.8, 4) is 5.75 Å². The van der Waals surface area contributed by atoms with Crippen LogP contribution in [0.25, 0.3) is 10.8 Å². The van der Waals surface area contributed by atoms with Crippen molar-refractivity contribution >= 4 is 33.8 Å². The molecular weight excluding hydrogens is 339 g/mol. The number of fused-ring (bicyclic) bond motifs is 1. The highest BCUT2D eigenvalue weighted by Gasteiger charge is 2.33. The Morgan fingerprint density at radius 1 is 0.654 bits per heavy atom. The average Bonchev–Trinajstić information content (AvgIpc) is 2.73. The fraction of sp³-hybridized carbons (Fsp3) is 0.0435. The number of ether oxygens (including phenoxy) is 1. The normalized spacial score (nSPS) is 13.3. The second-order valence-electron chi connectivity index (χ2n) is 6.11. The fourth-order valence-corrected chi connectivity index (χ4v) is 6.44. The maximum atomic E-state index is 14.7. The van der Waals surface area contributed by atoms with Gasteiger partial charge < -0.3 is 9.30 Å². The highest BCUT2D eigenvalue weighted by Crippen LogP contribution is 2.46. The minimum Gasteiger partial charge on any atom is -0.496 e. The van der Waals surface area contributed by atoms with E-state index in [0.29, 0.717) is 5.75 Å². The molecule has 0 unspecified atom stereocenters. The minimum atomic E-state index is -3.10. The third-order valence-corrected chi connectivity index (χ3v) is 7.79. The molecule has 0 fully saturated rings. The fourth-order valence-electron chi connectivity index (χ4n) is 3.42. The van der Waals surface area contributed by atoms with Gasteiger partial charge in [0.1, 0.15) is 5.75 Å². The summed E-state index contributed by atoms with van der Waals surface area (Å²) in [5.41, 5.74) is 0. The van der Waals surface area contributed by atoms with Gasteiger partial charge in [-0.15, -0.1) is 0 Å². The summed E-state index contributed by atoms with van der Waals surface area (Å²) in [5, 5.41) is 4.46. The zero-order valence-corrected chi connectivity index (χ0v) is 15.4. The summed E-state index contributed by atoms with van der Waals surface area (Å²) in [4.78, 5) is 0. The van der Waals surface area contributed by atoms with Crippen molar-refractivity contribution in [3.63, 3.8) is 0 Å². The Labute approximate surface area is 153 Å². The van der Waals surface area contributed by atoms with Gasteiger partial charge in [-0.3, -0.25) is 0 Å². The topological polar surface area (TPSA) is 26.3 Å². The van der Waals surface area contributed by atoms with Crippen LogP contribution in [0.15, 0.2) is 97.1 Å². The SMILES string of the molecule is COc1ccccc1[P@@](=O)(c1ccccc1)c1cccc2ccccc12. The van der Waals surface area contributed by atoms with Crippen LogP contribution in [0.2, 0.25) is 0 Å². The highest BCUT2D eigenvalue weighted by atomic mass is 31.2. The van der Waals surface area contributed by atoms with Crippen LogP contribution >= 0.6 is 7.14 Å². The molecule has 26 heavy (non-hydrogen) atoms. The zero-order valence-electron chi connectivity index (χ0n) is 14.5. The van der Waals surface area contributed by atoms with Gasteiger partial charge in [-0.05, 0) is 22.9 Å². The van der Waals surface area contributed by atoms with Gasteiger partial charge in [-0.25, -0.2) is 0 Å². The Bertz CT molecular complexity index is 1100. The van der Waals surface area contributed by atoms with Crippen molar-refractivity contribution in [2.75, 3.05) is 7.11 Å². The lowest BCUT2D eigenvalue weighted by molar-refractivity contribution is 0.418. The predicted octanol–water partition coefficient (Wildman–Crippen LogP) is 4.49. The number of rotatable bonds is 4. The Morgan fingerprint density at radius 2 is 1.27 bits per heavy atom.